The lowest BCUT2D eigenvalue weighted by atomic mass is 10.2. The number of hydrogen-bond donors (Lipinski definition) is 1. The maximum atomic E-state index is 11.4. The normalized spacial score (nSPS) is 11.9. The van der Waals surface area contributed by atoms with Gasteiger partial charge in [-0.05, 0) is 31.5 Å². The third-order valence-electron chi connectivity index (χ3n) is 2.19. The van der Waals surface area contributed by atoms with Crippen molar-refractivity contribution in [3.8, 4) is 5.75 Å². The monoisotopic (exact) mass is 241 g/mol. The number of amides is 1. The van der Waals surface area contributed by atoms with E-state index in [0.717, 1.165) is 6.42 Å². The fourth-order valence-electron chi connectivity index (χ4n) is 1.12. The molecule has 1 aromatic rings. The van der Waals surface area contributed by atoms with Crippen LogP contribution in [0.1, 0.15) is 20.3 Å². The Labute approximate surface area is 101 Å². The lowest BCUT2D eigenvalue weighted by molar-refractivity contribution is -0.123. The van der Waals surface area contributed by atoms with Gasteiger partial charge in [-0.2, -0.15) is 0 Å². The zero-order chi connectivity index (χ0) is 12.0. The van der Waals surface area contributed by atoms with Gasteiger partial charge in [-0.15, -0.1) is 0 Å². The topological polar surface area (TPSA) is 38.3 Å². The van der Waals surface area contributed by atoms with Crippen molar-refractivity contribution in [2.45, 2.75) is 26.3 Å². The molecule has 88 valence electrons. The first kappa shape index (κ1) is 12.8. The number of halogens is 1. The van der Waals surface area contributed by atoms with Crippen LogP contribution in [0.5, 0.6) is 5.75 Å². The summed E-state index contributed by atoms with van der Waals surface area (Å²) in [6, 6.07) is 7.16. The predicted octanol–water partition coefficient (Wildman–Crippen LogP) is 2.63. The van der Waals surface area contributed by atoms with Crippen LogP contribution in [-0.2, 0) is 4.79 Å². The fraction of sp³-hybridized carbons (Fsp3) is 0.417. The van der Waals surface area contributed by atoms with Gasteiger partial charge in [0.25, 0.3) is 5.91 Å². The van der Waals surface area contributed by atoms with Crippen molar-refractivity contribution in [2.75, 3.05) is 6.61 Å². The summed E-state index contributed by atoms with van der Waals surface area (Å²) in [5, 5.41) is 3.41. The van der Waals surface area contributed by atoms with Crippen molar-refractivity contribution in [1.82, 2.24) is 5.32 Å². The molecule has 0 unspecified atom stereocenters. The Morgan fingerprint density at radius 1 is 1.56 bits per heavy atom. The van der Waals surface area contributed by atoms with Crippen LogP contribution >= 0.6 is 11.6 Å². The molecule has 0 heterocycles. The number of rotatable bonds is 5. The average molecular weight is 242 g/mol. The summed E-state index contributed by atoms with van der Waals surface area (Å²) in [7, 11) is 0. The van der Waals surface area contributed by atoms with Gasteiger partial charge in [-0.1, -0.05) is 24.6 Å². The van der Waals surface area contributed by atoms with Gasteiger partial charge < -0.3 is 10.1 Å². The number of benzene rings is 1. The molecule has 0 saturated heterocycles. The van der Waals surface area contributed by atoms with E-state index in [9.17, 15) is 4.79 Å². The molecule has 0 spiro atoms. The molecule has 0 fully saturated rings. The zero-order valence-corrected chi connectivity index (χ0v) is 10.3. The SMILES string of the molecule is CC[C@@H](C)NC(=O)COc1cccc(Cl)c1. The van der Waals surface area contributed by atoms with Crippen LogP contribution in [0.25, 0.3) is 0 Å². The molecule has 1 rings (SSSR count). The standard InChI is InChI=1S/C12H16ClNO2/c1-3-9(2)14-12(15)8-16-11-6-4-5-10(13)7-11/h4-7,9H,3,8H2,1-2H3,(H,14,15)/t9-/m1/s1. The smallest absolute Gasteiger partial charge is 0.258 e. The summed E-state index contributed by atoms with van der Waals surface area (Å²) in [4.78, 5) is 11.4. The maximum Gasteiger partial charge on any atom is 0.258 e. The minimum absolute atomic E-state index is 0.0185. The first-order valence-corrected chi connectivity index (χ1v) is 5.67. The Morgan fingerprint density at radius 2 is 2.31 bits per heavy atom. The molecule has 0 aliphatic heterocycles. The zero-order valence-electron chi connectivity index (χ0n) is 9.50. The molecule has 0 bridgehead atoms. The highest BCUT2D eigenvalue weighted by Gasteiger charge is 2.06. The molecule has 16 heavy (non-hydrogen) atoms. The number of hydrogen-bond acceptors (Lipinski definition) is 2. The molecule has 0 aromatic heterocycles. The second-order valence-corrected chi connectivity index (χ2v) is 4.06. The Balaban J connectivity index is 2.37. The van der Waals surface area contributed by atoms with Crippen LogP contribution in [0.15, 0.2) is 24.3 Å². The van der Waals surface area contributed by atoms with E-state index in [0.29, 0.717) is 10.8 Å². The van der Waals surface area contributed by atoms with Crippen LogP contribution in [0.2, 0.25) is 5.02 Å². The molecule has 4 heteroatoms. The second kappa shape index (κ2) is 6.38. The molecular formula is C12H16ClNO2. The number of nitrogens with one attached hydrogen (secondary N) is 1. The third-order valence-corrected chi connectivity index (χ3v) is 2.42. The van der Waals surface area contributed by atoms with Gasteiger partial charge in [0.1, 0.15) is 5.75 Å². The number of carbonyl (C=O) groups is 1. The van der Waals surface area contributed by atoms with Gasteiger partial charge in [0.15, 0.2) is 6.61 Å². The van der Waals surface area contributed by atoms with Crippen LogP contribution in [0, 0.1) is 0 Å². The van der Waals surface area contributed by atoms with Gasteiger partial charge in [0, 0.05) is 11.1 Å². The summed E-state index contributed by atoms with van der Waals surface area (Å²) in [6.07, 6.45) is 0.906. The second-order valence-electron chi connectivity index (χ2n) is 3.62. The van der Waals surface area contributed by atoms with E-state index in [4.69, 9.17) is 16.3 Å². The molecule has 3 nitrogen and oxygen atoms in total. The Kier molecular flexibility index (Phi) is 5.12. The van der Waals surface area contributed by atoms with Crippen molar-refractivity contribution in [3.05, 3.63) is 29.3 Å². The first-order chi connectivity index (χ1) is 7.61. The molecule has 1 atom stereocenters. The summed E-state index contributed by atoms with van der Waals surface area (Å²) >= 11 is 5.79. The molecule has 1 amide bonds. The minimum atomic E-state index is -0.116. The highest BCUT2D eigenvalue weighted by Crippen LogP contribution is 2.16. The van der Waals surface area contributed by atoms with E-state index in [2.05, 4.69) is 5.32 Å². The largest absolute Gasteiger partial charge is 0.484 e. The fourth-order valence-corrected chi connectivity index (χ4v) is 1.30. The van der Waals surface area contributed by atoms with Crippen molar-refractivity contribution in [2.24, 2.45) is 0 Å². The van der Waals surface area contributed by atoms with E-state index in [1.165, 1.54) is 0 Å². The van der Waals surface area contributed by atoms with Gasteiger partial charge >= 0.3 is 0 Å². The Hall–Kier alpha value is -1.22. The van der Waals surface area contributed by atoms with E-state index in [-0.39, 0.29) is 18.6 Å². The van der Waals surface area contributed by atoms with Crippen LogP contribution < -0.4 is 10.1 Å². The van der Waals surface area contributed by atoms with Crippen LogP contribution in [-0.4, -0.2) is 18.6 Å². The third kappa shape index (κ3) is 4.53. The minimum Gasteiger partial charge on any atom is -0.484 e. The molecule has 0 aliphatic carbocycles. The Bertz CT molecular complexity index is 355. The number of ether oxygens (including phenoxy) is 1. The lowest BCUT2D eigenvalue weighted by Crippen LogP contribution is -2.35. The van der Waals surface area contributed by atoms with Crippen molar-refractivity contribution < 1.29 is 9.53 Å². The molecular weight excluding hydrogens is 226 g/mol. The van der Waals surface area contributed by atoms with Gasteiger partial charge in [-0.25, -0.2) is 0 Å². The van der Waals surface area contributed by atoms with E-state index >= 15 is 0 Å². The lowest BCUT2D eigenvalue weighted by Gasteiger charge is -2.12. The maximum absolute atomic E-state index is 11.4. The summed E-state index contributed by atoms with van der Waals surface area (Å²) in [6.45, 7) is 3.99. The van der Waals surface area contributed by atoms with E-state index in [1.54, 1.807) is 24.3 Å². The molecule has 0 saturated carbocycles. The Morgan fingerprint density at radius 3 is 2.94 bits per heavy atom. The average Bonchev–Trinajstić information content (AvgIpc) is 2.26. The molecule has 1 N–H and O–H groups in total. The summed E-state index contributed by atoms with van der Waals surface area (Å²) in [5.74, 6) is 0.487. The highest BCUT2D eigenvalue weighted by molar-refractivity contribution is 6.30. The van der Waals surface area contributed by atoms with Crippen molar-refractivity contribution in [1.29, 1.82) is 0 Å². The summed E-state index contributed by atoms with van der Waals surface area (Å²) < 4.78 is 5.30. The molecule has 0 radical (unpaired) electrons. The molecule has 1 aromatic carbocycles. The quantitative estimate of drug-likeness (QED) is 0.861. The van der Waals surface area contributed by atoms with Crippen molar-refractivity contribution in [3.63, 3.8) is 0 Å². The summed E-state index contributed by atoms with van der Waals surface area (Å²) in [5.41, 5.74) is 0. The van der Waals surface area contributed by atoms with E-state index in [1.807, 2.05) is 13.8 Å². The predicted molar refractivity (Wildman–Crippen MR) is 64.8 cm³/mol. The van der Waals surface area contributed by atoms with Crippen LogP contribution in [0.3, 0.4) is 0 Å². The molecule has 0 aliphatic rings. The van der Waals surface area contributed by atoms with Crippen LogP contribution in [0.4, 0.5) is 0 Å². The van der Waals surface area contributed by atoms with Gasteiger partial charge in [-0.3, -0.25) is 4.79 Å². The van der Waals surface area contributed by atoms with Gasteiger partial charge in [0.2, 0.25) is 0 Å². The van der Waals surface area contributed by atoms with Gasteiger partial charge in [0.05, 0.1) is 0 Å². The highest BCUT2D eigenvalue weighted by atomic mass is 35.5. The van der Waals surface area contributed by atoms with Crippen molar-refractivity contribution >= 4 is 17.5 Å². The number of carbonyl (C=O) groups excluding carboxylic acids is 1. The van der Waals surface area contributed by atoms with E-state index < -0.39 is 0 Å². The first-order valence-electron chi connectivity index (χ1n) is 5.29.